The molecule has 0 saturated heterocycles. The highest BCUT2D eigenvalue weighted by molar-refractivity contribution is 5.86. The third-order valence-electron chi connectivity index (χ3n) is 0.973. The summed E-state index contributed by atoms with van der Waals surface area (Å²) < 4.78 is 4.51. The quantitative estimate of drug-likeness (QED) is 0.371. The summed E-state index contributed by atoms with van der Waals surface area (Å²) in [4.78, 5) is 10.7. The number of carbonyl (C=O) groups is 1. The van der Waals surface area contributed by atoms with Gasteiger partial charge in [0.15, 0.2) is 0 Å². The zero-order valence-corrected chi connectivity index (χ0v) is 6.63. The van der Waals surface area contributed by atoms with Crippen molar-refractivity contribution >= 4 is 5.97 Å². The first kappa shape index (κ1) is 9.81. The second-order valence-corrected chi connectivity index (χ2v) is 2.07. The van der Waals surface area contributed by atoms with Gasteiger partial charge in [0.1, 0.15) is 5.76 Å². The number of ether oxygens (including phenoxy) is 1. The Morgan fingerprint density at radius 3 is 2.36 bits per heavy atom. The number of rotatable bonds is 3. The predicted molar refractivity (Wildman–Crippen MR) is 39.2 cm³/mol. The number of aliphatic hydroxyl groups is 2. The molecular formula is C7H12O4. The molecule has 0 aromatic heterocycles. The highest BCUT2D eigenvalue weighted by Gasteiger charge is 2.11. The standard InChI is InChI=1S/C7H12O4/c1-3-4-11-7(10)6(9)5(2)8/h8-9H,3-4H2,1-2H3. The number of aliphatic hydroxyl groups excluding tert-OH is 2. The van der Waals surface area contributed by atoms with Gasteiger partial charge in [-0.15, -0.1) is 0 Å². The van der Waals surface area contributed by atoms with E-state index in [0.29, 0.717) is 6.42 Å². The van der Waals surface area contributed by atoms with Gasteiger partial charge in [0.25, 0.3) is 0 Å². The minimum absolute atomic E-state index is 0.246. The average Bonchev–Trinajstić information content (AvgIpc) is 1.98. The van der Waals surface area contributed by atoms with Crippen LogP contribution in [0.2, 0.25) is 0 Å². The second kappa shape index (κ2) is 4.60. The molecule has 11 heavy (non-hydrogen) atoms. The summed E-state index contributed by atoms with van der Waals surface area (Å²) in [5.41, 5.74) is 0. The van der Waals surface area contributed by atoms with Crippen LogP contribution < -0.4 is 0 Å². The van der Waals surface area contributed by atoms with Crippen LogP contribution in [0.5, 0.6) is 0 Å². The Morgan fingerprint density at radius 1 is 1.45 bits per heavy atom. The average molecular weight is 160 g/mol. The lowest BCUT2D eigenvalue weighted by Gasteiger charge is -2.01. The molecule has 0 bridgehead atoms. The summed E-state index contributed by atoms with van der Waals surface area (Å²) in [6.07, 6.45) is 0.684. The Hall–Kier alpha value is -1.19. The van der Waals surface area contributed by atoms with Gasteiger partial charge in [-0.2, -0.15) is 0 Å². The fraction of sp³-hybridized carbons (Fsp3) is 0.571. The second-order valence-electron chi connectivity index (χ2n) is 2.07. The Kier molecular flexibility index (Phi) is 4.10. The van der Waals surface area contributed by atoms with E-state index in [4.69, 9.17) is 10.2 Å². The lowest BCUT2D eigenvalue weighted by Crippen LogP contribution is -2.09. The van der Waals surface area contributed by atoms with Crippen molar-refractivity contribution in [1.82, 2.24) is 0 Å². The van der Waals surface area contributed by atoms with Crippen LogP contribution in [0.3, 0.4) is 0 Å². The maximum atomic E-state index is 10.7. The van der Waals surface area contributed by atoms with Gasteiger partial charge < -0.3 is 14.9 Å². The fourth-order valence-corrected chi connectivity index (χ4v) is 0.411. The third-order valence-corrected chi connectivity index (χ3v) is 0.973. The van der Waals surface area contributed by atoms with Crippen LogP contribution in [0.4, 0.5) is 0 Å². The van der Waals surface area contributed by atoms with E-state index in [1.165, 1.54) is 6.92 Å². The molecule has 0 aliphatic carbocycles. The van der Waals surface area contributed by atoms with Gasteiger partial charge in [-0.3, -0.25) is 0 Å². The summed E-state index contributed by atoms with van der Waals surface area (Å²) >= 11 is 0. The normalized spacial score (nSPS) is 12.2. The molecule has 0 unspecified atom stereocenters. The lowest BCUT2D eigenvalue weighted by atomic mass is 10.4. The van der Waals surface area contributed by atoms with E-state index in [1.807, 2.05) is 6.92 Å². The predicted octanol–water partition coefficient (Wildman–Crippen LogP) is 1.29. The number of allylic oxidation sites excluding steroid dienone is 1. The number of carbonyl (C=O) groups excluding carboxylic acids is 1. The zero-order chi connectivity index (χ0) is 8.85. The van der Waals surface area contributed by atoms with Crippen molar-refractivity contribution in [3.63, 3.8) is 0 Å². The molecule has 0 fully saturated rings. The summed E-state index contributed by atoms with van der Waals surface area (Å²) in [5, 5.41) is 17.4. The van der Waals surface area contributed by atoms with E-state index in [9.17, 15) is 4.79 Å². The number of hydrogen-bond acceptors (Lipinski definition) is 4. The first-order valence-corrected chi connectivity index (χ1v) is 3.35. The van der Waals surface area contributed by atoms with E-state index in [2.05, 4.69) is 4.74 Å². The van der Waals surface area contributed by atoms with Crippen molar-refractivity contribution < 1.29 is 19.7 Å². The van der Waals surface area contributed by atoms with E-state index in [0.717, 1.165) is 0 Å². The van der Waals surface area contributed by atoms with Crippen molar-refractivity contribution in [3.8, 4) is 0 Å². The zero-order valence-electron chi connectivity index (χ0n) is 6.63. The Labute approximate surface area is 65.1 Å². The van der Waals surface area contributed by atoms with Crippen LogP contribution in [0, 0.1) is 0 Å². The van der Waals surface area contributed by atoms with Crippen LogP contribution in [0.1, 0.15) is 20.3 Å². The molecule has 0 aliphatic rings. The fourth-order valence-electron chi connectivity index (χ4n) is 0.411. The smallest absolute Gasteiger partial charge is 0.376 e. The summed E-state index contributed by atoms with van der Waals surface area (Å²) in [7, 11) is 0. The molecule has 4 nitrogen and oxygen atoms in total. The van der Waals surface area contributed by atoms with Crippen molar-refractivity contribution in [2.75, 3.05) is 6.61 Å². The third kappa shape index (κ3) is 3.50. The molecule has 4 heteroatoms. The SMILES string of the molecule is CCCOC(=O)C(O)=C(C)O. The highest BCUT2D eigenvalue weighted by Crippen LogP contribution is 1.98. The van der Waals surface area contributed by atoms with E-state index in [1.54, 1.807) is 0 Å². The molecule has 0 aliphatic heterocycles. The molecule has 0 saturated carbocycles. The number of hydrogen-bond donors (Lipinski definition) is 2. The van der Waals surface area contributed by atoms with Crippen molar-refractivity contribution in [2.45, 2.75) is 20.3 Å². The summed E-state index contributed by atoms with van der Waals surface area (Å²) in [5.74, 6) is -2.03. The monoisotopic (exact) mass is 160 g/mol. The molecular weight excluding hydrogens is 148 g/mol. The minimum atomic E-state index is -0.883. The van der Waals surface area contributed by atoms with Crippen molar-refractivity contribution in [1.29, 1.82) is 0 Å². The van der Waals surface area contributed by atoms with Crippen LogP contribution >= 0.6 is 0 Å². The van der Waals surface area contributed by atoms with Gasteiger partial charge in [-0.05, 0) is 13.3 Å². The molecule has 0 aromatic rings. The summed E-state index contributed by atoms with van der Waals surface area (Å²) in [6.45, 7) is 3.29. The van der Waals surface area contributed by atoms with Gasteiger partial charge in [-0.1, -0.05) is 6.92 Å². The first-order chi connectivity index (χ1) is 5.09. The molecule has 0 atom stereocenters. The van der Waals surface area contributed by atoms with Gasteiger partial charge in [0.05, 0.1) is 6.61 Å². The molecule has 0 amide bonds. The van der Waals surface area contributed by atoms with E-state index in [-0.39, 0.29) is 6.61 Å². The molecule has 64 valence electrons. The first-order valence-electron chi connectivity index (χ1n) is 3.35. The van der Waals surface area contributed by atoms with Gasteiger partial charge in [0, 0.05) is 0 Å². The molecule has 0 rings (SSSR count). The van der Waals surface area contributed by atoms with Crippen LogP contribution in [-0.2, 0) is 9.53 Å². The molecule has 0 spiro atoms. The lowest BCUT2D eigenvalue weighted by molar-refractivity contribution is -0.142. The maximum Gasteiger partial charge on any atom is 0.376 e. The highest BCUT2D eigenvalue weighted by atomic mass is 16.5. The van der Waals surface area contributed by atoms with E-state index >= 15 is 0 Å². The number of esters is 1. The molecule has 0 heterocycles. The molecule has 0 aromatic carbocycles. The van der Waals surface area contributed by atoms with Crippen LogP contribution in [-0.4, -0.2) is 22.8 Å². The van der Waals surface area contributed by atoms with Crippen LogP contribution in [0.25, 0.3) is 0 Å². The maximum absolute atomic E-state index is 10.7. The Bertz CT molecular complexity index is 167. The Balaban J connectivity index is 3.95. The van der Waals surface area contributed by atoms with E-state index < -0.39 is 17.5 Å². The largest absolute Gasteiger partial charge is 0.508 e. The van der Waals surface area contributed by atoms with Crippen molar-refractivity contribution in [2.24, 2.45) is 0 Å². The van der Waals surface area contributed by atoms with Gasteiger partial charge in [0.2, 0.25) is 5.76 Å². The van der Waals surface area contributed by atoms with Crippen LogP contribution in [0.15, 0.2) is 11.5 Å². The molecule has 2 N–H and O–H groups in total. The topological polar surface area (TPSA) is 66.8 Å². The summed E-state index contributed by atoms with van der Waals surface area (Å²) in [6, 6.07) is 0. The Morgan fingerprint density at radius 2 is 2.00 bits per heavy atom. The van der Waals surface area contributed by atoms with Gasteiger partial charge >= 0.3 is 5.97 Å². The van der Waals surface area contributed by atoms with Crippen molar-refractivity contribution in [3.05, 3.63) is 11.5 Å². The minimum Gasteiger partial charge on any atom is -0.508 e. The molecule has 0 radical (unpaired) electrons. The van der Waals surface area contributed by atoms with Gasteiger partial charge in [-0.25, -0.2) is 4.79 Å².